The number of anilines is 1. The van der Waals surface area contributed by atoms with Crippen LogP contribution < -0.4 is 5.32 Å². The summed E-state index contributed by atoms with van der Waals surface area (Å²) in [6, 6.07) is 5.74. The number of hydrogen-bond donors (Lipinski definition) is 1. The Hall–Kier alpha value is -2.76. The Morgan fingerprint density at radius 3 is 3.05 bits per heavy atom. The van der Waals surface area contributed by atoms with Crippen LogP contribution in [0.5, 0.6) is 0 Å². The van der Waals surface area contributed by atoms with Gasteiger partial charge in [-0.2, -0.15) is 5.10 Å². The van der Waals surface area contributed by atoms with Crippen molar-refractivity contribution in [2.24, 2.45) is 13.0 Å². The molecule has 6 nitrogen and oxygen atoms in total. The molecule has 0 spiro atoms. The zero-order valence-corrected chi connectivity index (χ0v) is 12.1. The standard InChI is InChI=1S/C16H15N5O/c1-21-15-13(9-19-21)14(4-6-18-15)20-16(22)12-7-11(12)10-3-2-5-17-8-10/h2-6,8-9,11-12H,7H2,1H3,(H,18,20,22)/t11-,12+/m1/s1. The van der Waals surface area contributed by atoms with Gasteiger partial charge in [-0.05, 0) is 30.0 Å². The van der Waals surface area contributed by atoms with Gasteiger partial charge in [0.05, 0.1) is 17.3 Å². The summed E-state index contributed by atoms with van der Waals surface area (Å²) in [5.74, 6) is 0.342. The highest BCUT2D eigenvalue weighted by atomic mass is 16.2. The number of aryl methyl sites for hydroxylation is 1. The number of amides is 1. The molecule has 110 valence electrons. The molecule has 1 amide bonds. The van der Waals surface area contributed by atoms with Crippen LogP contribution in [0.3, 0.4) is 0 Å². The molecule has 3 heterocycles. The highest BCUT2D eigenvalue weighted by Gasteiger charge is 2.44. The van der Waals surface area contributed by atoms with Crippen molar-refractivity contribution in [3.63, 3.8) is 0 Å². The molecule has 0 unspecified atom stereocenters. The molecule has 4 rings (SSSR count). The number of nitrogens with one attached hydrogen (secondary N) is 1. The fraction of sp³-hybridized carbons (Fsp3) is 0.250. The SMILES string of the molecule is Cn1ncc2c(NC(=O)[C@H]3C[C@@H]3c3cccnc3)ccnc21. The van der Waals surface area contributed by atoms with Crippen molar-refractivity contribution in [3.05, 3.63) is 48.5 Å². The van der Waals surface area contributed by atoms with Crippen LogP contribution in [-0.2, 0) is 11.8 Å². The zero-order valence-electron chi connectivity index (χ0n) is 12.1. The minimum Gasteiger partial charge on any atom is -0.325 e. The Labute approximate surface area is 127 Å². The van der Waals surface area contributed by atoms with Gasteiger partial charge in [0.25, 0.3) is 0 Å². The van der Waals surface area contributed by atoms with E-state index in [0.717, 1.165) is 28.7 Å². The fourth-order valence-corrected chi connectivity index (χ4v) is 2.83. The first-order valence-corrected chi connectivity index (χ1v) is 7.21. The Bertz CT molecular complexity index is 842. The Morgan fingerprint density at radius 1 is 1.32 bits per heavy atom. The summed E-state index contributed by atoms with van der Waals surface area (Å²) in [5, 5.41) is 8.05. The van der Waals surface area contributed by atoms with E-state index in [1.54, 1.807) is 23.3 Å². The molecule has 1 fully saturated rings. The molecule has 0 aliphatic heterocycles. The third-order valence-electron chi connectivity index (χ3n) is 4.13. The van der Waals surface area contributed by atoms with Gasteiger partial charge in [-0.3, -0.25) is 14.5 Å². The molecule has 1 aliphatic rings. The lowest BCUT2D eigenvalue weighted by Crippen LogP contribution is -2.14. The summed E-state index contributed by atoms with van der Waals surface area (Å²) >= 11 is 0. The molecule has 0 aromatic carbocycles. The van der Waals surface area contributed by atoms with E-state index in [1.165, 1.54) is 0 Å². The highest BCUT2D eigenvalue weighted by molar-refractivity contribution is 6.02. The second-order valence-electron chi connectivity index (χ2n) is 5.59. The molecule has 1 aliphatic carbocycles. The van der Waals surface area contributed by atoms with Crippen LogP contribution in [-0.4, -0.2) is 25.7 Å². The van der Waals surface area contributed by atoms with E-state index in [4.69, 9.17) is 0 Å². The van der Waals surface area contributed by atoms with Gasteiger partial charge in [0.1, 0.15) is 0 Å². The number of pyridine rings is 2. The number of nitrogens with zero attached hydrogens (tertiary/aromatic N) is 4. The molecule has 3 aromatic heterocycles. The minimum absolute atomic E-state index is 0.0177. The lowest BCUT2D eigenvalue weighted by Gasteiger charge is -2.06. The minimum atomic E-state index is 0.0177. The molecule has 0 saturated heterocycles. The van der Waals surface area contributed by atoms with E-state index in [1.807, 2.05) is 31.4 Å². The summed E-state index contributed by atoms with van der Waals surface area (Å²) < 4.78 is 1.69. The van der Waals surface area contributed by atoms with Crippen molar-refractivity contribution in [2.45, 2.75) is 12.3 Å². The van der Waals surface area contributed by atoms with Crippen LogP contribution in [0.1, 0.15) is 17.9 Å². The average Bonchev–Trinajstić information content (AvgIpc) is 3.27. The van der Waals surface area contributed by atoms with E-state index >= 15 is 0 Å². The van der Waals surface area contributed by atoms with Gasteiger partial charge in [-0.15, -0.1) is 0 Å². The van der Waals surface area contributed by atoms with Crippen molar-refractivity contribution in [3.8, 4) is 0 Å². The monoisotopic (exact) mass is 293 g/mol. The van der Waals surface area contributed by atoms with E-state index in [2.05, 4.69) is 20.4 Å². The summed E-state index contributed by atoms with van der Waals surface area (Å²) in [4.78, 5) is 20.8. The molecular formula is C16H15N5O. The van der Waals surface area contributed by atoms with Gasteiger partial charge < -0.3 is 5.32 Å². The molecule has 6 heteroatoms. The molecule has 22 heavy (non-hydrogen) atoms. The first-order chi connectivity index (χ1) is 10.7. The lowest BCUT2D eigenvalue weighted by molar-refractivity contribution is -0.117. The largest absolute Gasteiger partial charge is 0.325 e. The number of carbonyl (C=O) groups excluding carboxylic acids is 1. The van der Waals surface area contributed by atoms with Crippen molar-refractivity contribution >= 4 is 22.6 Å². The van der Waals surface area contributed by atoms with Crippen molar-refractivity contribution < 1.29 is 4.79 Å². The second-order valence-corrected chi connectivity index (χ2v) is 5.59. The third-order valence-corrected chi connectivity index (χ3v) is 4.13. The molecular weight excluding hydrogens is 278 g/mol. The normalized spacial score (nSPS) is 20.0. The molecule has 3 aromatic rings. The van der Waals surface area contributed by atoms with Crippen LogP contribution in [0, 0.1) is 5.92 Å². The average molecular weight is 293 g/mol. The van der Waals surface area contributed by atoms with E-state index < -0.39 is 0 Å². The van der Waals surface area contributed by atoms with Crippen LogP contribution in [0.4, 0.5) is 5.69 Å². The molecule has 0 radical (unpaired) electrons. The van der Waals surface area contributed by atoms with Gasteiger partial charge in [0, 0.05) is 31.6 Å². The predicted molar refractivity (Wildman–Crippen MR) is 82.2 cm³/mol. The molecule has 0 bridgehead atoms. The quantitative estimate of drug-likeness (QED) is 0.802. The lowest BCUT2D eigenvalue weighted by atomic mass is 10.1. The number of carbonyl (C=O) groups is 1. The highest BCUT2D eigenvalue weighted by Crippen LogP contribution is 2.47. The topological polar surface area (TPSA) is 72.7 Å². The summed E-state index contributed by atoms with van der Waals surface area (Å²) in [6.07, 6.45) is 7.87. The van der Waals surface area contributed by atoms with Gasteiger partial charge in [-0.1, -0.05) is 6.07 Å². The van der Waals surface area contributed by atoms with Crippen molar-refractivity contribution in [1.82, 2.24) is 19.7 Å². The van der Waals surface area contributed by atoms with E-state index in [9.17, 15) is 4.79 Å². The smallest absolute Gasteiger partial charge is 0.228 e. The maximum Gasteiger partial charge on any atom is 0.228 e. The number of aromatic nitrogens is 4. The second kappa shape index (κ2) is 4.91. The van der Waals surface area contributed by atoms with Crippen LogP contribution in [0.2, 0.25) is 0 Å². The van der Waals surface area contributed by atoms with E-state index in [0.29, 0.717) is 0 Å². The number of hydrogen-bond acceptors (Lipinski definition) is 4. The Balaban J connectivity index is 1.53. The Morgan fingerprint density at radius 2 is 2.23 bits per heavy atom. The summed E-state index contributed by atoms with van der Waals surface area (Å²) in [7, 11) is 1.83. The van der Waals surface area contributed by atoms with Crippen LogP contribution >= 0.6 is 0 Å². The fourth-order valence-electron chi connectivity index (χ4n) is 2.83. The Kier molecular flexibility index (Phi) is 2.89. The van der Waals surface area contributed by atoms with Crippen molar-refractivity contribution in [1.29, 1.82) is 0 Å². The number of rotatable bonds is 3. The molecule has 1 N–H and O–H groups in total. The third kappa shape index (κ3) is 2.13. The van der Waals surface area contributed by atoms with Crippen LogP contribution in [0.15, 0.2) is 43.0 Å². The summed E-state index contributed by atoms with van der Waals surface area (Å²) in [5.41, 5.74) is 2.65. The first kappa shape index (κ1) is 12.9. The van der Waals surface area contributed by atoms with Gasteiger partial charge in [0.2, 0.25) is 5.91 Å². The van der Waals surface area contributed by atoms with Crippen molar-refractivity contribution in [2.75, 3.05) is 5.32 Å². The van der Waals surface area contributed by atoms with Gasteiger partial charge in [0.15, 0.2) is 5.65 Å². The maximum absolute atomic E-state index is 12.4. The predicted octanol–water partition coefficient (Wildman–Crippen LogP) is 2.11. The number of fused-ring (bicyclic) bond motifs is 1. The van der Waals surface area contributed by atoms with Gasteiger partial charge in [-0.25, -0.2) is 4.98 Å². The van der Waals surface area contributed by atoms with Gasteiger partial charge >= 0.3 is 0 Å². The zero-order chi connectivity index (χ0) is 15.1. The maximum atomic E-state index is 12.4. The first-order valence-electron chi connectivity index (χ1n) is 7.21. The molecule has 2 atom stereocenters. The summed E-state index contributed by atoms with van der Waals surface area (Å²) in [6.45, 7) is 0. The van der Waals surface area contributed by atoms with E-state index in [-0.39, 0.29) is 17.7 Å². The molecule has 1 saturated carbocycles. The van der Waals surface area contributed by atoms with Crippen LogP contribution in [0.25, 0.3) is 11.0 Å².